The van der Waals surface area contributed by atoms with Crippen molar-refractivity contribution in [3.8, 4) is 0 Å². The number of nitrogens with one attached hydrogen (secondary N) is 3. The zero-order valence-corrected chi connectivity index (χ0v) is 8.41. The standard InChI is InChI=1S/C9H11N3O4/c13-6-2-1-4(10-6)8(15)11-5-3-7(14)12-9(5)16/h4-5H,1-3H2,(H,10,13)(H,11,15)(H,12,14,16). The monoisotopic (exact) mass is 225 g/mol. The lowest BCUT2D eigenvalue weighted by Gasteiger charge is -2.13. The Bertz CT molecular complexity index is 379. The molecule has 0 spiro atoms. The smallest absolute Gasteiger partial charge is 0.249 e. The van der Waals surface area contributed by atoms with Gasteiger partial charge in [-0.15, -0.1) is 0 Å². The van der Waals surface area contributed by atoms with Crippen molar-refractivity contribution < 1.29 is 19.2 Å². The first-order valence-corrected chi connectivity index (χ1v) is 4.99. The Morgan fingerprint density at radius 2 is 2.00 bits per heavy atom. The van der Waals surface area contributed by atoms with Crippen LogP contribution in [0.3, 0.4) is 0 Å². The van der Waals surface area contributed by atoms with Crippen LogP contribution in [0.2, 0.25) is 0 Å². The van der Waals surface area contributed by atoms with Crippen LogP contribution < -0.4 is 16.0 Å². The fraction of sp³-hybridized carbons (Fsp3) is 0.556. The van der Waals surface area contributed by atoms with E-state index in [9.17, 15) is 19.2 Å². The van der Waals surface area contributed by atoms with Gasteiger partial charge in [0.25, 0.3) is 0 Å². The largest absolute Gasteiger partial charge is 0.344 e. The van der Waals surface area contributed by atoms with Crippen molar-refractivity contribution in [1.82, 2.24) is 16.0 Å². The number of hydrogen-bond acceptors (Lipinski definition) is 4. The highest BCUT2D eigenvalue weighted by molar-refractivity contribution is 6.07. The molecular weight excluding hydrogens is 214 g/mol. The first-order chi connectivity index (χ1) is 7.56. The molecule has 0 bridgehead atoms. The number of rotatable bonds is 2. The van der Waals surface area contributed by atoms with Crippen LogP contribution in [0.25, 0.3) is 0 Å². The van der Waals surface area contributed by atoms with E-state index in [1.807, 2.05) is 0 Å². The summed E-state index contributed by atoms with van der Waals surface area (Å²) < 4.78 is 0. The lowest BCUT2D eigenvalue weighted by molar-refractivity contribution is -0.129. The van der Waals surface area contributed by atoms with Crippen molar-refractivity contribution >= 4 is 23.6 Å². The molecule has 2 atom stereocenters. The van der Waals surface area contributed by atoms with Gasteiger partial charge in [-0.1, -0.05) is 0 Å². The summed E-state index contributed by atoms with van der Waals surface area (Å²) in [6.45, 7) is 0. The molecule has 2 aliphatic rings. The Morgan fingerprint density at radius 3 is 2.50 bits per heavy atom. The SMILES string of the molecule is O=C1CC(NC(=O)C2CCC(=O)N2)C(=O)N1. The second kappa shape index (κ2) is 3.92. The van der Waals surface area contributed by atoms with Crippen molar-refractivity contribution in [3.05, 3.63) is 0 Å². The minimum Gasteiger partial charge on any atom is -0.344 e. The molecule has 3 N–H and O–H groups in total. The molecule has 7 nitrogen and oxygen atoms in total. The van der Waals surface area contributed by atoms with Gasteiger partial charge in [0, 0.05) is 6.42 Å². The number of imide groups is 1. The minimum atomic E-state index is -0.808. The summed E-state index contributed by atoms with van der Waals surface area (Å²) in [6.07, 6.45) is 0.700. The van der Waals surface area contributed by atoms with Crippen molar-refractivity contribution in [2.24, 2.45) is 0 Å². The van der Waals surface area contributed by atoms with Gasteiger partial charge in [-0.3, -0.25) is 24.5 Å². The second-order valence-electron chi connectivity index (χ2n) is 3.84. The van der Waals surface area contributed by atoms with E-state index in [0.717, 1.165) is 0 Å². The summed E-state index contributed by atoms with van der Waals surface area (Å²) in [5, 5.41) is 7.01. The minimum absolute atomic E-state index is 0.0365. The zero-order valence-electron chi connectivity index (χ0n) is 8.41. The van der Waals surface area contributed by atoms with E-state index in [2.05, 4.69) is 16.0 Å². The topological polar surface area (TPSA) is 104 Å². The molecule has 0 saturated carbocycles. The third kappa shape index (κ3) is 2.02. The molecule has 7 heteroatoms. The van der Waals surface area contributed by atoms with Gasteiger partial charge in [-0.05, 0) is 6.42 Å². The fourth-order valence-electron chi connectivity index (χ4n) is 1.75. The Morgan fingerprint density at radius 1 is 1.25 bits per heavy atom. The van der Waals surface area contributed by atoms with E-state index in [0.29, 0.717) is 12.8 Å². The highest BCUT2D eigenvalue weighted by Crippen LogP contribution is 2.08. The fourth-order valence-corrected chi connectivity index (χ4v) is 1.75. The second-order valence-corrected chi connectivity index (χ2v) is 3.84. The lowest BCUT2D eigenvalue weighted by atomic mass is 10.2. The van der Waals surface area contributed by atoms with Gasteiger partial charge in [0.05, 0.1) is 6.42 Å². The molecule has 2 aliphatic heterocycles. The molecule has 2 fully saturated rings. The highest BCUT2D eigenvalue weighted by Gasteiger charge is 2.35. The summed E-state index contributed by atoms with van der Waals surface area (Å²) in [5.41, 5.74) is 0. The van der Waals surface area contributed by atoms with E-state index >= 15 is 0 Å². The van der Waals surface area contributed by atoms with Crippen LogP contribution in [0.1, 0.15) is 19.3 Å². The highest BCUT2D eigenvalue weighted by atomic mass is 16.2. The molecule has 0 aliphatic carbocycles. The van der Waals surface area contributed by atoms with Gasteiger partial charge in [-0.25, -0.2) is 0 Å². The molecule has 2 unspecified atom stereocenters. The molecule has 0 aromatic heterocycles. The number of amides is 4. The summed E-state index contributed by atoms with van der Waals surface area (Å²) in [6, 6.07) is -1.39. The summed E-state index contributed by atoms with van der Waals surface area (Å²) in [7, 11) is 0. The molecule has 0 radical (unpaired) electrons. The first-order valence-electron chi connectivity index (χ1n) is 4.99. The summed E-state index contributed by atoms with van der Waals surface area (Å²) >= 11 is 0. The predicted molar refractivity (Wildman–Crippen MR) is 50.9 cm³/mol. The van der Waals surface area contributed by atoms with Crippen LogP contribution in [-0.2, 0) is 19.2 Å². The van der Waals surface area contributed by atoms with Crippen LogP contribution in [0.15, 0.2) is 0 Å². The quantitative estimate of drug-likeness (QED) is 0.464. The Hall–Kier alpha value is -1.92. The normalized spacial score (nSPS) is 28.9. The Balaban J connectivity index is 1.90. The van der Waals surface area contributed by atoms with Crippen LogP contribution in [0.4, 0.5) is 0 Å². The van der Waals surface area contributed by atoms with Gasteiger partial charge in [0.1, 0.15) is 12.1 Å². The Kier molecular flexibility index (Phi) is 2.59. The predicted octanol–water partition coefficient (Wildman–Crippen LogP) is -2.20. The van der Waals surface area contributed by atoms with Gasteiger partial charge >= 0.3 is 0 Å². The summed E-state index contributed by atoms with van der Waals surface area (Å²) in [4.78, 5) is 44.5. The third-order valence-electron chi connectivity index (χ3n) is 2.60. The van der Waals surface area contributed by atoms with E-state index in [4.69, 9.17) is 0 Å². The van der Waals surface area contributed by atoms with Crippen LogP contribution in [0.5, 0.6) is 0 Å². The Labute approximate surface area is 90.9 Å². The van der Waals surface area contributed by atoms with Crippen LogP contribution in [-0.4, -0.2) is 35.7 Å². The number of hydrogen-bond donors (Lipinski definition) is 3. The summed E-state index contributed by atoms with van der Waals surface area (Å²) in [5.74, 6) is -1.48. The molecule has 86 valence electrons. The van der Waals surface area contributed by atoms with Gasteiger partial charge in [0.2, 0.25) is 23.6 Å². The molecule has 16 heavy (non-hydrogen) atoms. The van der Waals surface area contributed by atoms with Crippen molar-refractivity contribution in [2.45, 2.75) is 31.3 Å². The van der Waals surface area contributed by atoms with Gasteiger partial charge < -0.3 is 10.6 Å². The molecular formula is C9H11N3O4. The van der Waals surface area contributed by atoms with E-state index in [-0.39, 0.29) is 12.3 Å². The molecule has 4 amide bonds. The van der Waals surface area contributed by atoms with Crippen LogP contribution in [0, 0.1) is 0 Å². The zero-order chi connectivity index (χ0) is 11.7. The van der Waals surface area contributed by atoms with Crippen molar-refractivity contribution in [1.29, 1.82) is 0 Å². The maximum Gasteiger partial charge on any atom is 0.249 e. The lowest BCUT2D eigenvalue weighted by Crippen LogP contribution is -2.48. The average Bonchev–Trinajstić information content (AvgIpc) is 2.74. The van der Waals surface area contributed by atoms with Gasteiger partial charge in [0.15, 0.2) is 0 Å². The van der Waals surface area contributed by atoms with E-state index in [1.165, 1.54) is 0 Å². The van der Waals surface area contributed by atoms with E-state index < -0.39 is 29.8 Å². The molecule has 0 aromatic rings. The third-order valence-corrected chi connectivity index (χ3v) is 2.60. The number of carbonyl (C=O) groups excluding carboxylic acids is 4. The molecule has 2 heterocycles. The molecule has 2 rings (SSSR count). The van der Waals surface area contributed by atoms with E-state index in [1.54, 1.807) is 0 Å². The van der Waals surface area contributed by atoms with Crippen LogP contribution >= 0.6 is 0 Å². The average molecular weight is 225 g/mol. The first kappa shape index (κ1) is 10.6. The maximum atomic E-state index is 11.6. The number of carbonyl (C=O) groups is 4. The molecule has 0 aromatic carbocycles. The van der Waals surface area contributed by atoms with Crippen molar-refractivity contribution in [2.75, 3.05) is 0 Å². The molecule has 2 saturated heterocycles. The maximum absolute atomic E-state index is 11.6. The van der Waals surface area contributed by atoms with Crippen molar-refractivity contribution in [3.63, 3.8) is 0 Å². The van der Waals surface area contributed by atoms with Gasteiger partial charge in [-0.2, -0.15) is 0 Å².